The predicted octanol–water partition coefficient (Wildman–Crippen LogP) is 2.37. The van der Waals surface area contributed by atoms with Crippen LogP contribution in [0.5, 0.6) is 5.75 Å². The molecule has 0 saturated carbocycles. The van der Waals surface area contributed by atoms with E-state index in [1.165, 1.54) is 5.69 Å². The molecule has 0 atom stereocenters. The van der Waals surface area contributed by atoms with Crippen LogP contribution < -0.4 is 15.4 Å². The summed E-state index contributed by atoms with van der Waals surface area (Å²) in [5.41, 5.74) is 2.26. The van der Waals surface area contributed by atoms with Crippen molar-refractivity contribution in [2.45, 2.75) is 20.0 Å². The molecule has 0 unspecified atom stereocenters. The summed E-state index contributed by atoms with van der Waals surface area (Å²) >= 11 is 0. The summed E-state index contributed by atoms with van der Waals surface area (Å²) in [6, 6.07) is 11.8. The van der Waals surface area contributed by atoms with E-state index in [0.717, 1.165) is 18.1 Å². The number of nitrogens with one attached hydrogen (secondary N) is 2. The van der Waals surface area contributed by atoms with Gasteiger partial charge in [-0.1, -0.05) is 12.1 Å². The molecule has 0 bridgehead atoms. The standard InChI is InChI=1S/C20H29N5O2.HI/c1-5-22-19(26)15-27-18-10-6-8-16(12-18)13-23-20(21-2)25(4)14-17-9-7-11-24(17)3;/h6-12H,5,13-15H2,1-4H3,(H,21,23)(H,22,26);1H. The van der Waals surface area contributed by atoms with Gasteiger partial charge >= 0.3 is 0 Å². The van der Waals surface area contributed by atoms with Gasteiger partial charge in [0.15, 0.2) is 12.6 Å². The van der Waals surface area contributed by atoms with E-state index in [4.69, 9.17) is 4.74 Å². The molecule has 2 N–H and O–H groups in total. The lowest BCUT2D eigenvalue weighted by atomic mass is 10.2. The average Bonchev–Trinajstić information content (AvgIpc) is 3.06. The second-order valence-electron chi connectivity index (χ2n) is 6.26. The van der Waals surface area contributed by atoms with Crippen LogP contribution in [-0.4, -0.2) is 48.6 Å². The highest BCUT2D eigenvalue weighted by Crippen LogP contribution is 2.13. The third-order valence-corrected chi connectivity index (χ3v) is 4.12. The number of ether oxygens (including phenoxy) is 1. The number of hydrogen-bond donors (Lipinski definition) is 2. The molecule has 0 radical (unpaired) electrons. The fraction of sp³-hybridized carbons (Fsp3) is 0.400. The van der Waals surface area contributed by atoms with Gasteiger partial charge in [-0.3, -0.25) is 9.79 Å². The van der Waals surface area contributed by atoms with E-state index < -0.39 is 0 Å². The number of aromatic nitrogens is 1. The third kappa shape index (κ3) is 7.41. The van der Waals surface area contributed by atoms with Crippen molar-refractivity contribution in [3.8, 4) is 5.75 Å². The quantitative estimate of drug-likeness (QED) is 0.333. The van der Waals surface area contributed by atoms with E-state index in [9.17, 15) is 4.79 Å². The van der Waals surface area contributed by atoms with Gasteiger partial charge in [-0.05, 0) is 36.8 Å². The minimum atomic E-state index is -0.122. The molecular formula is C20H30IN5O2. The molecule has 0 spiro atoms. The van der Waals surface area contributed by atoms with Crippen LogP contribution >= 0.6 is 24.0 Å². The molecule has 8 heteroatoms. The predicted molar refractivity (Wildman–Crippen MR) is 123 cm³/mol. The maximum absolute atomic E-state index is 11.5. The maximum Gasteiger partial charge on any atom is 0.257 e. The number of likely N-dealkylation sites (N-methyl/N-ethyl adjacent to an activating group) is 1. The first-order valence-corrected chi connectivity index (χ1v) is 9.04. The molecule has 1 heterocycles. The Hall–Kier alpha value is -2.23. The number of rotatable bonds is 8. The Kier molecular flexibility index (Phi) is 10.4. The molecule has 2 rings (SSSR count). The Bertz CT molecular complexity index is 775. The zero-order valence-electron chi connectivity index (χ0n) is 16.9. The lowest BCUT2D eigenvalue weighted by Crippen LogP contribution is -2.38. The molecule has 0 saturated heterocycles. The summed E-state index contributed by atoms with van der Waals surface area (Å²) in [6.45, 7) is 3.88. The van der Waals surface area contributed by atoms with Gasteiger partial charge in [-0.25, -0.2) is 0 Å². The van der Waals surface area contributed by atoms with Crippen molar-refractivity contribution < 1.29 is 9.53 Å². The van der Waals surface area contributed by atoms with Crippen LogP contribution in [0.15, 0.2) is 47.6 Å². The van der Waals surface area contributed by atoms with Crippen molar-refractivity contribution in [3.05, 3.63) is 53.9 Å². The number of nitrogens with zero attached hydrogens (tertiary/aromatic N) is 3. The average molecular weight is 499 g/mol. The number of carbonyl (C=O) groups is 1. The highest BCUT2D eigenvalue weighted by molar-refractivity contribution is 14.0. The van der Waals surface area contributed by atoms with Crippen molar-refractivity contribution >= 4 is 35.8 Å². The molecule has 154 valence electrons. The number of aryl methyl sites for hydroxylation is 1. The molecule has 28 heavy (non-hydrogen) atoms. The van der Waals surface area contributed by atoms with Crippen molar-refractivity contribution in [1.82, 2.24) is 20.1 Å². The van der Waals surface area contributed by atoms with Gasteiger partial charge in [0, 0.05) is 46.1 Å². The first kappa shape index (κ1) is 23.8. The van der Waals surface area contributed by atoms with Crippen molar-refractivity contribution in [2.75, 3.05) is 27.2 Å². The monoisotopic (exact) mass is 499 g/mol. The second-order valence-corrected chi connectivity index (χ2v) is 6.26. The van der Waals surface area contributed by atoms with E-state index in [1.807, 2.05) is 57.5 Å². The Labute approximate surface area is 184 Å². The summed E-state index contributed by atoms with van der Waals surface area (Å²) in [7, 11) is 5.82. The van der Waals surface area contributed by atoms with E-state index in [2.05, 4.69) is 31.2 Å². The summed E-state index contributed by atoms with van der Waals surface area (Å²) in [4.78, 5) is 17.9. The number of aliphatic imine (C=N–C) groups is 1. The Morgan fingerprint density at radius 1 is 1.25 bits per heavy atom. The smallest absolute Gasteiger partial charge is 0.257 e. The van der Waals surface area contributed by atoms with Gasteiger partial charge in [0.1, 0.15) is 5.75 Å². The molecule has 7 nitrogen and oxygen atoms in total. The summed E-state index contributed by atoms with van der Waals surface area (Å²) in [5, 5.41) is 6.07. The zero-order chi connectivity index (χ0) is 19.6. The van der Waals surface area contributed by atoms with E-state index in [-0.39, 0.29) is 36.5 Å². The Balaban J connectivity index is 0.00000392. The molecule has 0 aliphatic heterocycles. The molecule has 2 aromatic rings. The largest absolute Gasteiger partial charge is 0.484 e. The highest BCUT2D eigenvalue weighted by atomic mass is 127. The van der Waals surface area contributed by atoms with E-state index in [0.29, 0.717) is 18.8 Å². The lowest BCUT2D eigenvalue weighted by molar-refractivity contribution is -0.122. The first-order chi connectivity index (χ1) is 13.0. The van der Waals surface area contributed by atoms with E-state index >= 15 is 0 Å². The number of carbonyl (C=O) groups excluding carboxylic acids is 1. The van der Waals surface area contributed by atoms with Crippen LogP contribution in [0.3, 0.4) is 0 Å². The number of hydrogen-bond acceptors (Lipinski definition) is 3. The summed E-state index contributed by atoms with van der Waals surface area (Å²) < 4.78 is 7.64. The molecule has 0 aliphatic rings. The van der Waals surface area contributed by atoms with E-state index in [1.54, 1.807) is 7.05 Å². The first-order valence-electron chi connectivity index (χ1n) is 9.04. The third-order valence-electron chi connectivity index (χ3n) is 4.12. The van der Waals surface area contributed by atoms with Crippen molar-refractivity contribution in [1.29, 1.82) is 0 Å². The molecule has 1 amide bonds. The normalized spacial score (nSPS) is 10.8. The van der Waals surface area contributed by atoms with Gasteiger partial charge in [0.2, 0.25) is 0 Å². The van der Waals surface area contributed by atoms with Gasteiger partial charge in [0.05, 0.1) is 6.54 Å². The Morgan fingerprint density at radius 2 is 2.04 bits per heavy atom. The molecule has 0 fully saturated rings. The fourth-order valence-corrected chi connectivity index (χ4v) is 2.69. The van der Waals surface area contributed by atoms with Gasteiger partial charge < -0.3 is 24.8 Å². The fourth-order valence-electron chi connectivity index (χ4n) is 2.69. The number of guanidine groups is 1. The van der Waals surface area contributed by atoms with Crippen molar-refractivity contribution in [3.63, 3.8) is 0 Å². The minimum absolute atomic E-state index is 0. The highest BCUT2D eigenvalue weighted by Gasteiger charge is 2.09. The molecule has 1 aromatic heterocycles. The second kappa shape index (κ2) is 12.3. The van der Waals surface area contributed by atoms with Crippen LogP contribution in [0, 0.1) is 0 Å². The van der Waals surface area contributed by atoms with Gasteiger partial charge in [-0.15, -0.1) is 24.0 Å². The van der Waals surface area contributed by atoms with Crippen LogP contribution in [-0.2, 0) is 24.9 Å². The number of amides is 1. The topological polar surface area (TPSA) is 70.9 Å². The molecular weight excluding hydrogens is 469 g/mol. The summed E-state index contributed by atoms with van der Waals surface area (Å²) in [6.07, 6.45) is 2.03. The number of halogens is 1. The number of benzene rings is 1. The summed E-state index contributed by atoms with van der Waals surface area (Å²) in [5.74, 6) is 1.36. The maximum atomic E-state index is 11.5. The van der Waals surface area contributed by atoms with Crippen LogP contribution in [0.2, 0.25) is 0 Å². The lowest BCUT2D eigenvalue weighted by Gasteiger charge is -2.22. The van der Waals surface area contributed by atoms with Crippen molar-refractivity contribution in [2.24, 2.45) is 12.0 Å². The zero-order valence-corrected chi connectivity index (χ0v) is 19.3. The minimum Gasteiger partial charge on any atom is -0.484 e. The van der Waals surface area contributed by atoms with Crippen LogP contribution in [0.4, 0.5) is 0 Å². The molecule has 0 aliphatic carbocycles. The van der Waals surface area contributed by atoms with Gasteiger partial charge in [-0.2, -0.15) is 0 Å². The molecule has 1 aromatic carbocycles. The SMILES string of the molecule is CCNC(=O)COc1cccc(CNC(=NC)N(C)Cc2cccn2C)c1.I. The van der Waals surface area contributed by atoms with Crippen LogP contribution in [0.25, 0.3) is 0 Å². The van der Waals surface area contributed by atoms with Gasteiger partial charge in [0.25, 0.3) is 5.91 Å². The van der Waals surface area contributed by atoms with Crippen LogP contribution in [0.1, 0.15) is 18.2 Å². The Morgan fingerprint density at radius 3 is 2.68 bits per heavy atom.